The van der Waals surface area contributed by atoms with Gasteiger partial charge in [-0.05, 0) is 119 Å². The predicted molar refractivity (Wildman–Crippen MR) is 292 cm³/mol. The van der Waals surface area contributed by atoms with Gasteiger partial charge in [-0.15, -0.1) is 0 Å². The molecule has 3 saturated heterocycles. The molecule has 3 aliphatic rings. The van der Waals surface area contributed by atoms with Crippen LogP contribution in [-0.4, -0.2) is 170 Å². The molecular weight excluding hydrogens is 1120 g/mol. The van der Waals surface area contributed by atoms with Crippen molar-refractivity contribution in [2.75, 3.05) is 37.9 Å². The van der Waals surface area contributed by atoms with E-state index in [0.29, 0.717) is 37.2 Å². The van der Waals surface area contributed by atoms with Crippen molar-refractivity contribution < 1.29 is 70.2 Å². The summed E-state index contributed by atoms with van der Waals surface area (Å²) < 4.78 is 93.6. The number of rotatable bonds is 21. The summed E-state index contributed by atoms with van der Waals surface area (Å²) in [5.74, 6) is -1.06. The zero-order valence-electron chi connectivity index (χ0n) is 47.1. The molecular formula is C48H78Cl2F2N12O13P2. The number of esters is 2. The van der Waals surface area contributed by atoms with E-state index in [4.69, 9.17) is 76.8 Å². The van der Waals surface area contributed by atoms with Crippen LogP contribution in [0.3, 0.4) is 0 Å². The van der Waals surface area contributed by atoms with E-state index >= 15 is 4.39 Å². The molecule has 25 nitrogen and oxygen atoms in total. The first-order valence-corrected chi connectivity index (χ1v) is 29.6. The average molecular weight is 1200 g/mol. The van der Waals surface area contributed by atoms with Gasteiger partial charge in [0.1, 0.15) is 35.4 Å². The van der Waals surface area contributed by atoms with Crippen molar-refractivity contribution in [1.82, 2.24) is 48.4 Å². The number of aliphatic hydroxyl groups excluding tert-OH is 2. The molecule has 0 radical (unpaired) electrons. The summed E-state index contributed by atoms with van der Waals surface area (Å²) in [4.78, 5) is 47.5. The third kappa shape index (κ3) is 16.8. The molecule has 3 aliphatic heterocycles. The lowest BCUT2D eigenvalue weighted by molar-refractivity contribution is -0.153. The van der Waals surface area contributed by atoms with Crippen LogP contribution in [0.5, 0.6) is 0 Å². The van der Waals surface area contributed by atoms with Crippen LogP contribution in [0.1, 0.15) is 122 Å². The molecule has 0 saturated carbocycles. The zero-order valence-corrected chi connectivity index (χ0v) is 50.4. The number of imidazole rings is 2. The number of fused-ring (bicyclic) bond motifs is 3. The molecule has 11 atom stereocenters. The standard InChI is InChI=1S/C20H43N2O3P.C18H24ClFN5O7P.C10H11ClFN5O3/c1-14(2)21(15(3)4)26(22(16(5)6)17(7)8)24-13-12-19(11)20(23)25-18(9)10;1-8(2)30-17(26)9(3)4-5-28-33(27)29-6-10-13(32-33)11(20)16(31-10)25-7-22-12-14(21)23-18(19)24-15(12)25;11-10-15-7(13)5-8(16-10)17(2-14-5)9-4(12)6(19)3(1-18)20-9/h14-19H,12-13H2,1-11H3;7-11,13,16H,4-6H2,1-3H3,(H2,21,23,24);2-4,6,9,18-19H,1H2,(H2,13,15,16)/t19-;9-,10+,11-,13+,16+,33?;3-,4+,6-,9-/m001/s1. The number of nitrogen functional groups attached to an aromatic ring is 2. The first kappa shape index (κ1) is 66.1. The van der Waals surface area contributed by atoms with Crippen LogP contribution in [0.25, 0.3) is 22.3 Å². The van der Waals surface area contributed by atoms with E-state index in [-0.39, 0.29) is 88.3 Å². The summed E-state index contributed by atoms with van der Waals surface area (Å²) in [6.07, 6.45) is -7.20. The summed E-state index contributed by atoms with van der Waals surface area (Å²) in [5, 5.41) is 18.4. The third-order valence-corrected chi connectivity index (χ3v) is 17.2. The van der Waals surface area contributed by atoms with Gasteiger partial charge in [0.05, 0.1) is 63.1 Å². The average Bonchev–Trinajstić information content (AvgIpc) is 4.28. The van der Waals surface area contributed by atoms with Gasteiger partial charge in [0.25, 0.3) is 0 Å². The van der Waals surface area contributed by atoms with Crippen molar-refractivity contribution in [2.24, 2.45) is 11.8 Å². The maximum atomic E-state index is 15.3. The largest absolute Gasteiger partial charge is 0.475 e. The molecule has 0 aromatic carbocycles. The molecule has 3 fully saturated rings. The number of ether oxygens (including phenoxy) is 4. The number of hydrogen-bond donors (Lipinski definition) is 4. The molecule has 446 valence electrons. The van der Waals surface area contributed by atoms with Crippen molar-refractivity contribution in [3.8, 4) is 0 Å². The lowest BCUT2D eigenvalue weighted by Gasteiger charge is -2.45. The Hall–Kier alpha value is -3.66. The molecule has 0 bridgehead atoms. The lowest BCUT2D eigenvalue weighted by Crippen LogP contribution is -2.43. The summed E-state index contributed by atoms with van der Waals surface area (Å²) in [5.41, 5.74) is 12.3. The van der Waals surface area contributed by atoms with Crippen molar-refractivity contribution in [1.29, 1.82) is 0 Å². The predicted octanol–water partition coefficient (Wildman–Crippen LogP) is 7.91. The van der Waals surface area contributed by atoms with Crippen molar-refractivity contribution in [2.45, 2.75) is 195 Å². The quantitative estimate of drug-likeness (QED) is 0.0350. The number of anilines is 2. The minimum Gasteiger partial charge on any atom is -0.463 e. The van der Waals surface area contributed by atoms with E-state index in [1.165, 1.54) is 21.8 Å². The van der Waals surface area contributed by atoms with Crippen LogP contribution in [0.4, 0.5) is 20.4 Å². The van der Waals surface area contributed by atoms with Crippen LogP contribution >= 0.6 is 39.5 Å². The van der Waals surface area contributed by atoms with Gasteiger partial charge in [-0.1, -0.05) is 13.8 Å². The first-order chi connectivity index (χ1) is 37.0. The normalized spacial score (nSPS) is 25.0. The van der Waals surface area contributed by atoms with Gasteiger partial charge in [0.2, 0.25) is 10.6 Å². The Kier molecular flexibility index (Phi) is 24.3. The number of halogens is 4. The molecule has 4 aromatic rings. The van der Waals surface area contributed by atoms with Gasteiger partial charge in [-0.25, -0.2) is 32.7 Å². The highest BCUT2D eigenvalue weighted by Crippen LogP contribution is 2.57. The van der Waals surface area contributed by atoms with E-state index in [9.17, 15) is 23.7 Å². The molecule has 7 heterocycles. The number of carbonyl (C=O) groups excluding carboxylic acids is 2. The second-order valence-corrected chi connectivity index (χ2v) is 24.8. The van der Waals surface area contributed by atoms with E-state index in [0.717, 1.165) is 0 Å². The van der Waals surface area contributed by atoms with E-state index in [2.05, 4.69) is 94.6 Å². The zero-order chi connectivity index (χ0) is 59.0. The summed E-state index contributed by atoms with van der Waals surface area (Å²) >= 11 is 11.6. The molecule has 79 heavy (non-hydrogen) atoms. The van der Waals surface area contributed by atoms with Gasteiger partial charge < -0.3 is 45.2 Å². The van der Waals surface area contributed by atoms with Crippen LogP contribution in [-0.2, 0) is 51.2 Å². The first-order valence-electron chi connectivity index (χ1n) is 26.2. The van der Waals surface area contributed by atoms with E-state index < -0.39 is 84.0 Å². The summed E-state index contributed by atoms with van der Waals surface area (Å²) in [6.45, 7) is 28.4. The van der Waals surface area contributed by atoms with E-state index in [1.807, 2.05) is 20.8 Å². The Bertz CT molecular complexity index is 2650. The highest BCUT2D eigenvalue weighted by atomic mass is 35.5. The van der Waals surface area contributed by atoms with Gasteiger partial charge in [-0.3, -0.25) is 32.3 Å². The Morgan fingerprint density at radius 2 is 1.19 bits per heavy atom. The van der Waals surface area contributed by atoms with Gasteiger partial charge in [-0.2, -0.15) is 19.9 Å². The Labute approximate surface area is 470 Å². The molecule has 31 heteroatoms. The maximum Gasteiger partial charge on any atom is 0.475 e. The molecule has 0 amide bonds. The van der Waals surface area contributed by atoms with Crippen LogP contribution in [0.15, 0.2) is 12.7 Å². The van der Waals surface area contributed by atoms with Crippen molar-refractivity contribution in [3.05, 3.63) is 23.2 Å². The van der Waals surface area contributed by atoms with E-state index in [1.54, 1.807) is 20.8 Å². The Morgan fingerprint density at radius 1 is 0.747 bits per heavy atom. The van der Waals surface area contributed by atoms with Crippen LogP contribution in [0.2, 0.25) is 10.6 Å². The number of alkyl halides is 2. The van der Waals surface area contributed by atoms with Crippen LogP contribution in [0, 0.1) is 11.8 Å². The minimum atomic E-state index is -4.07. The second kappa shape index (κ2) is 29.0. The fourth-order valence-electron chi connectivity index (χ4n) is 8.68. The number of aliphatic hydroxyl groups is 2. The Morgan fingerprint density at radius 3 is 1.61 bits per heavy atom. The van der Waals surface area contributed by atoms with Crippen LogP contribution < -0.4 is 11.5 Å². The number of carbonyl (C=O) groups is 2. The molecule has 0 aliphatic carbocycles. The molecule has 0 spiro atoms. The number of aromatic nitrogens is 8. The summed E-state index contributed by atoms with van der Waals surface area (Å²) in [6, 6.07) is 1.57. The second-order valence-electron chi connectivity index (χ2n) is 20.8. The highest BCUT2D eigenvalue weighted by Gasteiger charge is 2.55. The number of nitrogens with zero attached hydrogens (tertiary/aromatic N) is 10. The molecule has 7 rings (SSSR count). The number of hydrogen-bond acceptors (Lipinski definition) is 23. The molecule has 6 N–H and O–H groups in total. The minimum absolute atomic E-state index is 0.0403. The van der Waals surface area contributed by atoms with Gasteiger partial charge >= 0.3 is 19.8 Å². The molecule has 1 unspecified atom stereocenters. The van der Waals surface area contributed by atoms with Gasteiger partial charge in [0, 0.05) is 24.2 Å². The summed E-state index contributed by atoms with van der Waals surface area (Å²) in [7, 11) is -4.96. The molecule has 4 aromatic heterocycles. The Balaban J connectivity index is 0.000000225. The number of phosphoric acid groups is 1. The van der Waals surface area contributed by atoms with Crippen molar-refractivity contribution >= 4 is 85.4 Å². The third-order valence-electron chi connectivity index (χ3n) is 12.4. The SMILES string of the molecule is CC(C)OC(=O)[C@@H](C)CCOP(N(C(C)C)C(C)C)N(C(C)C)C(C)C.CC(C)OC(=O)[C@@H](C)CCOP1(=O)OC[C@H]2O[C@@H](n3cnc4c(N)nc(Cl)nc43)[C@@H](F)[C@@H]2O1.Nc1nc(Cl)nc2c1ncn2[C@@H]1O[C@H](CO)[C@@H](O)[C@@H]1F. The monoisotopic (exact) mass is 1200 g/mol. The fraction of sp³-hybridized carbons (Fsp3) is 0.750. The van der Waals surface area contributed by atoms with Crippen molar-refractivity contribution in [3.63, 3.8) is 0 Å². The maximum absolute atomic E-state index is 15.3. The number of phosphoric ester groups is 1. The number of nitrogens with two attached hydrogens (primary N) is 2. The fourth-order valence-corrected chi connectivity index (χ4v) is 12.8. The van der Waals surface area contributed by atoms with Gasteiger partial charge in [0.15, 0.2) is 56.2 Å². The smallest absolute Gasteiger partial charge is 0.463 e. The highest BCUT2D eigenvalue weighted by molar-refractivity contribution is 7.48. The topological polar surface area (TPSA) is 311 Å². The lowest BCUT2D eigenvalue weighted by atomic mass is 10.1.